The van der Waals surface area contributed by atoms with E-state index in [-0.39, 0.29) is 23.8 Å². The summed E-state index contributed by atoms with van der Waals surface area (Å²) in [5, 5.41) is 9.02. The van der Waals surface area contributed by atoms with Crippen molar-refractivity contribution >= 4 is 47.3 Å². The van der Waals surface area contributed by atoms with Crippen LogP contribution in [0.15, 0.2) is 0 Å². The number of nitrogens with one attached hydrogen (secondary N) is 3. The quantitative estimate of drug-likeness (QED) is 0.0854. The average molecular weight is 620 g/mol. The molecule has 41 heavy (non-hydrogen) atoms. The third-order valence-corrected chi connectivity index (χ3v) is 8.09. The molecule has 0 fully saturated rings. The molecule has 0 atom stereocenters. The summed E-state index contributed by atoms with van der Waals surface area (Å²) in [7, 11) is 0. The number of esters is 2. The van der Waals surface area contributed by atoms with Gasteiger partial charge in [0.2, 0.25) is 11.8 Å². The van der Waals surface area contributed by atoms with E-state index in [2.05, 4.69) is 43.6 Å². The van der Waals surface area contributed by atoms with Crippen LogP contribution >= 0.6 is 23.5 Å². The standard InChI is InChI=1S/C30H57N3O6S2/c1-25(2)11-19-38-29(36)9-5-7-21-40-23-13-27(34)32-17-15-31-16-18-33-28(35)14-24-41-22-8-6-10-30(37)39-20-12-26(3)4/h25-26,31H,5-24H2,1-4H3,(H,32,34)(H,33,35). The van der Waals surface area contributed by atoms with Crippen LogP contribution in [0.5, 0.6) is 0 Å². The monoisotopic (exact) mass is 619 g/mol. The molecule has 240 valence electrons. The van der Waals surface area contributed by atoms with Gasteiger partial charge in [-0.1, -0.05) is 27.7 Å². The van der Waals surface area contributed by atoms with E-state index in [0.29, 0.717) is 76.9 Å². The van der Waals surface area contributed by atoms with Gasteiger partial charge in [0.1, 0.15) is 0 Å². The molecular formula is C30H57N3O6S2. The lowest BCUT2D eigenvalue weighted by atomic mass is 10.1. The maximum atomic E-state index is 11.9. The second-order valence-corrected chi connectivity index (χ2v) is 13.3. The first-order valence-corrected chi connectivity index (χ1v) is 17.7. The molecule has 0 aromatic carbocycles. The lowest BCUT2D eigenvalue weighted by Crippen LogP contribution is -2.36. The zero-order valence-electron chi connectivity index (χ0n) is 26.1. The molecule has 0 heterocycles. The highest BCUT2D eigenvalue weighted by atomic mass is 32.2. The summed E-state index contributed by atoms with van der Waals surface area (Å²) >= 11 is 3.47. The summed E-state index contributed by atoms with van der Waals surface area (Å²) in [6, 6.07) is 0. The normalized spacial score (nSPS) is 11.1. The Morgan fingerprint density at radius 2 is 0.976 bits per heavy atom. The van der Waals surface area contributed by atoms with Gasteiger partial charge in [0.25, 0.3) is 0 Å². The van der Waals surface area contributed by atoms with Crippen molar-refractivity contribution in [2.24, 2.45) is 11.8 Å². The predicted molar refractivity (Wildman–Crippen MR) is 171 cm³/mol. The van der Waals surface area contributed by atoms with Crippen molar-refractivity contribution in [2.75, 3.05) is 62.4 Å². The zero-order valence-corrected chi connectivity index (χ0v) is 27.7. The van der Waals surface area contributed by atoms with Gasteiger partial charge in [-0.25, -0.2) is 0 Å². The number of carbonyl (C=O) groups excluding carboxylic acids is 4. The van der Waals surface area contributed by atoms with E-state index in [1.807, 2.05) is 0 Å². The van der Waals surface area contributed by atoms with Crippen molar-refractivity contribution in [3.63, 3.8) is 0 Å². The van der Waals surface area contributed by atoms with E-state index in [1.165, 1.54) is 0 Å². The Balaban J connectivity index is 3.39. The predicted octanol–water partition coefficient (Wildman–Crippen LogP) is 4.57. The summed E-state index contributed by atoms with van der Waals surface area (Å²) in [5.41, 5.74) is 0. The van der Waals surface area contributed by atoms with Crippen LogP contribution in [-0.4, -0.2) is 86.2 Å². The fourth-order valence-corrected chi connectivity index (χ4v) is 5.21. The van der Waals surface area contributed by atoms with E-state index in [0.717, 1.165) is 61.5 Å². The molecule has 0 spiro atoms. The molecule has 0 bridgehead atoms. The molecule has 0 radical (unpaired) electrons. The Labute approximate surface area is 257 Å². The molecule has 0 aromatic heterocycles. The smallest absolute Gasteiger partial charge is 0.305 e. The van der Waals surface area contributed by atoms with Gasteiger partial charge in [-0.15, -0.1) is 0 Å². The maximum Gasteiger partial charge on any atom is 0.305 e. The molecule has 0 saturated heterocycles. The van der Waals surface area contributed by atoms with Gasteiger partial charge in [0.15, 0.2) is 0 Å². The van der Waals surface area contributed by atoms with E-state index in [1.54, 1.807) is 23.5 Å². The first-order valence-electron chi connectivity index (χ1n) is 15.4. The molecule has 0 saturated carbocycles. The van der Waals surface area contributed by atoms with Gasteiger partial charge >= 0.3 is 11.9 Å². The number of hydrogen-bond acceptors (Lipinski definition) is 9. The number of rotatable bonds is 28. The Morgan fingerprint density at radius 1 is 0.561 bits per heavy atom. The van der Waals surface area contributed by atoms with Crippen LogP contribution in [0.3, 0.4) is 0 Å². The number of thioether (sulfide) groups is 2. The minimum absolute atomic E-state index is 0.0420. The van der Waals surface area contributed by atoms with Crippen LogP contribution in [0, 0.1) is 11.8 Å². The fourth-order valence-electron chi connectivity index (χ4n) is 3.32. The molecule has 2 amide bonds. The molecule has 0 rings (SSSR count). The third kappa shape index (κ3) is 31.3. The van der Waals surface area contributed by atoms with Gasteiger partial charge in [-0.3, -0.25) is 19.2 Å². The first-order chi connectivity index (χ1) is 19.7. The van der Waals surface area contributed by atoms with Crippen molar-refractivity contribution in [1.82, 2.24) is 16.0 Å². The molecule has 0 aromatic rings. The van der Waals surface area contributed by atoms with E-state index in [9.17, 15) is 19.2 Å². The average Bonchev–Trinajstić information content (AvgIpc) is 2.91. The van der Waals surface area contributed by atoms with Gasteiger partial charge < -0.3 is 25.4 Å². The molecule has 0 aliphatic heterocycles. The summed E-state index contributed by atoms with van der Waals surface area (Å²) in [6.45, 7) is 11.9. The minimum atomic E-state index is -0.113. The Bertz CT molecular complexity index is 639. The highest BCUT2D eigenvalue weighted by Crippen LogP contribution is 2.10. The zero-order chi connectivity index (χ0) is 30.6. The second kappa shape index (κ2) is 28.6. The van der Waals surface area contributed by atoms with Crippen LogP contribution < -0.4 is 16.0 Å². The minimum Gasteiger partial charge on any atom is -0.466 e. The topological polar surface area (TPSA) is 123 Å². The SMILES string of the molecule is CC(C)CCOC(=O)CCCCSCCC(=O)NCCNCCNC(=O)CCSCCCCC(=O)OCCC(C)C. The van der Waals surface area contributed by atoms with Crippen molar-refractivity contribution in [2.45, 2.75) is 91.9 Å². The molecule has 0 aliphatic carbocycles. The number of carbonyl (C=O) groups is 4. The van der Waals surface area contributed by atoms with Crippen LogP contribution in [0.25, 0.3) is 0 Å². The van der Waals surface area contributed by atoms with Gasteiger partial charge in [0, 0.05) is 63.4 Å². The molecule has 9 nitrogen and oxygen atoms in total. The first kappa shape index (κ1) is 39.5. The second-order valence-electron chi connectivity index (χ2n) is 10.9. The van der Waals surface area contributed by atoms with Crippen molar-refractivity contribution in [1.29, 1.82) is 0 Å². The van der Waals surface area contributed by atoms with E-state index < -0.39 is 0 Å². The van der Waals surface area contributed by atoms with E-state index in [4.69, 9.17) is 9.47 Å². The largest absolute Gasteiger partial charge is 0.466 e. The Kier molecular flexibility index (Phi) is 27.6. The number of amides is 2. The van der Waals surface area contributed by atoms with Gasteiger partial charge in [-0.05, 0) is 61.9 Å². The highest BCUT2D eigenvalue weighted by Gasteiger charge is 2.06. The lowest BCUT2D eigenvalue weighted by Gasteiger charge is -2.08. The lowest BCUT2D eigenvalue weighted by molar-refractivity contribution is -0.145. The molecular weight excluding hydrogens is 562 g/mol. The van der Waals surface area contributed by atoms with Crippen LogP contribution in [-0.2, 0) is 28.7 Å². The molecule has 11 heteroatoms. The fraction of sp³-hybridized carbons (Fsp3) is 0.867. The van der Waals surface area contributed by atoms with Crippen molar-refractivity contribution in [3.05, 3.63) is 0 Å². The summed E-state index contributed by atoms with van der Waals surface area (Å²) in [5.74, 6) is 4.37. The van der Waals surface area contributed by atoms with Crippen LogP contribution in [0.1, 0.15) is 91.9 Å². The number of unbranched alkanes of at least 4 members (excludes halogenated alkanes) is 2. The Morgan fingerprint density at radius 3 is 1.37 bits per heavy atom. The molecule has 0 unspecified atom stereocenters. The van der Waals surface area contributed by atoms with Gasteiger partial charge in [0.05, 0.1) is 13.2 Å². The summed E-state index contributed by atoms with van der Waals surface area (Å²) < 4.78 is 10.4. The van der Waals surface area contributed by atoms with Gasteiger partial charge in [-0.2, -0.15) is 23.5 Å². The summed E-state index contributed by atoms with van der Waals surface area (Å²) in [6.07, 6.45) is 7.26. The van der Waals surface area contributed by atoms with Crippen molar-refractivity contribution in [3.8, 4) is 0 Å². The number of hydrogen-bond donors (Lipinski definition) is 3. The van der Waals surface area contributed by atoms with Crippen molar-refractivity contribution < 1.29 is 28.7 Å². The maximum absolute atomic E-state index is 11.9. The number of ether oxygens (including phenoxy) is 2. The van der Waals surface area contributed by atoms with Crippen LogP contribution in [0.4, 0.5) is 0 Å². The third-order valence-electron chi connectivity index (χ3n) is 5.95. The van der Waals surface area contributed by atoms with E-state index >= 15 is 0 Å². The van der Waals surface area contributed by atoms with Crippen LogP contribution in [0.2, 0.25) is 0 Å². The Hall–Kier alpha value is -1.46. The molecule has 3 N–H and O–H groups in total. The molecule has 0 aliphatic rings. The summed E-state index contributed by atoms with van der Waals surface area (Å²) in [4.78, 5) is 47.1. The highest BCUT2D eigenvalue weighted by molar-refractivity contribution is 7.99.